The van der Waals surface area contributed by atoms with E-state index in [1.807, 2.05) is 18.3 Å². The molecule has 1 N–H and O–H groups in total. The largest absolute Gasteiger partial charge is 0.378 e. The molecule has 1 aliphatic carbocycles. The minimum absolute atomic E-state index is 0.000597. The molecule has 1 aromatic carbocycles. The van der Waals surface area contributed by atoms with Gasteiger partial charge in [-0.05, 0) is 42.9 Å². The zero-order valence-corrected chi connectivity index (χ0v) is 15.8. The molecular weight excluding hydrogens is 340 g/mol. The quantitative estimate of drug-likeness (QED) is 0.897. The first-order chi connectivity index (χ1) is 13.2. The van der Waals surface area contributed by atoms with E-state index in [2.05, 4.69) is 34.3 Å². The molecule has 4 rings (SSSR count). The van der Waals surface area contributed by atoms with Crippen LogP contribution in [0.1, 0.15) is 28.8 Å². The van der Waals surface area contributed by atoms with E-state index in [1.165, 1.54) is 11.1 Å². The highest BCUT2D eigenvalue weighted by Gasteiger charge is 2.26. The van der Waals surface area contributed by atoms with Gasteiger partial charge in [-0.15, -0.1) is 0 Å². The lowest BCUT2D eigenvalue weighted by Gasteiger charge is -2.28. The van der Waals surface area contributed by atoms with Gasteiger partial charge in [0.05, 0.1) is 13.2 Å². The maximum atomic E-state index is 12.6. The normalized spacial score (nSPS) is 19.4. The summed E-state index contributed by atoms with van der Waals surface area (Å²) in [6.07, 6.45) is 4.30. The summed E-state index contributed by atoms with van der Waals surface area (Å²) >= 11 is 0. The van der Waals surface area contributed by atoms with Crippen LogP contribution in [-0.4, -0.2) is 42.2 Å². The number of aryl methyl sites for hydroxylation is 2. The van der Waals surface area contributed by atoms with E-state index in [4.69, 9.17) is 9.72 Å². The van der Waals surface area contributed by atoms with Gasteiger partial charge in [0, 0.05) is 37.4 Å². The summed E-state index contributed by atoms with van der Waals surface area (Å²) in [6.45, 7) is 5.78. The van der Waals surface area contributed by atoms with E-state index in [9.17, 15) is 4.79 Å². The van der Waals surface area contributed by atoms with Gasteiger partial charge in [-0.1, -0.05) is 24.3 Å². The molecule has 1 amide bonds. The molecule has 142 valence electrons. The third-order valence-electron chi connectivity index (χ3n) is 5.52. The van der Waals surface area contributed by atoms with Crippen LogP contribution in [0.15, 0.2) is 30.5 Å². The standard InChI is InChI=1S/C21H26N4O2/c1-15-4-2-3-5-17(15)13-22-20(26)16-6-7-19-18(12-16)14-23-21(24-19)25-8-10-27-11-9-25/h2-5,14,16H,6-13H2,1H3,(H,22,26). The number of carbonyl (C=O) groups is 1. The van der Waals surface area contributed by atoms with Crippen molar-refractivity contribution < 1.29 is 9.53 Å². The number of nitrogens with zero attached hydrogens (tertiary/aromatic N) is 3. The Balaban J connectivity index is 1.37. The van der Waals surface area contributed by atoms with Crippen LogP contribution in [0.25, 0.3) is 0 Å². The molecule has 0 saturated carbocycles. The molecule has 1 fully saturated rings. The molecule has 6 nitrogen and oxygen atoms in total. The second kappa shape index (κ2) is 8.05. The van der Waals surface area contributed by atoms with Crippen molar-refractivity contribution in [2.75, 3.05) is 31.2 Å². The van der Waals surface area contributed by atoms with Gasteiger partial charge >= 0.3 is 0 Å². The number of ether oxygens (including phenoxy) is 1. The van der Waals surface area contributed by atoms with Crippen LogP contribution in [0, 0.1) is 12.8 Å². The SMILES string of the molecule is Cc1ccccc1CNC(=O)C1CCc2nc(N3CCOCC3)ncc2C1. The number of anilines is 1. The fourth-order valence-corrected chi connectivity index (χ4v) is 3.77. The Labute approximate surface area is 160 Å². The Morgan fingerprint density at radius 2 is 2.11 bits per heavy atom. The first-order valence-corrected chi connectivity index (χ1v) is 9.70. The second-order valence-electron chi connectivity index (χ2n) is 7.33. The minimum Gasteiger partial charge on any atom is -0.378 e. The number of nitrogens with one attached hydrogen (secondary N) is 1. The molecule has 1 unspecified atom stereocenters. The van der Waals surface area contributed by atoms with Gasteiger partial charge in [0.2, 0.25) is 11.9 Å². The van der Waals surface area contributed by atoms with Crippen molar-refractivity contribution in [3.05, 3.63) is 52.8 Å². The smallest absolute Gasteiger partial charge is 0.225 e. The van der Waals surface area contributed by atoms with Gasteiger partial charge < -0.3 is 15.0 Å². The van der Waals surface area contributed by atoms with Crippen molar-refractivity contribution in [1.82, 2.24) is 15.3 Å². The molecule has 27 heavy (non-hydrogen) atoms. The summed E-state index contributed by atoms with van der Waals surface area (Å²) in [4.78, 5) is 24.1. The van der Waals surface area contributed by atoms with Gasteiger partial charge in [0.15, 0.2) is 0 Å². The molecule has 2 heterocycles. The number of hydrogen-bond donors (Lipinski definition) is 1. The predicted octanol–water partition coefficient (Wildman–Crippen LogP) is 2.04. The number of rotatable bonds is 4. The number of carbonyl (C=O) groups excluding carboxylic acids is 1. The highest BCUT2D eigenvalue weighted by Crippen LogP contribution is 2.26. The second-order valence-corrected chi connectivity index (χ2v) is 7.33. The predicted molar refractivity (Wildman–Crippen MR) is 104 cm³/mol. The van der Waals surface area contributed by atoms with Crippen LogP contribution in [-0.2, 0) is 28.9 Å². The molecule has 0 bridgehead atoms. The zero-order valence-electron chi connectivity index (χ0n) is 15.8. The highest BCUT2D eigenvalue weighted by molar-refractivity contribution is 5.79. The number of hydrogen-bond acceptors (Lipinski definition) is 5. The number of amides is 1. The number of benzene rings is 1. The van der Waals surface area contributed by atoms with Gasteiger partial charge in [-0.2, -0.15) is 0 Å². The molecule has 1 aliphatic heterocycles. The average Bonchev–Trinajstić information content (AvgIpc) is 2.73. The van der Waals surface area contributed by atoms with Gasteiger partial charge in [0.1, 0.15) is 0 Å². The van der Waals surface area contributed by atoms with Gasteiger partial charge in [-0.3, -0.25) is 4.79 Å². The van der Waals surface area contributed by atoms with Crippen LogP contribution in [0.5, 0.6) is 0 Å². The summed E-state index contributed by atoms with van der Waals surface area (Å²) in [5, 5.41) is 3.10. The summed E-state index contributed by atoms with van der Waals surface area (Å²) in [5.74, 6) is 0.917. The molecule has 0 radical (unpaired) electrons. The van der Waals surface area contributed by atoms with Gasteiger partial charge in [-0.25, -0.2) is 9.97 Å². The van der Waals surface area contributed by atoms with E-state index in [-0.39, 0.29) is 11.8 Å². The molecular formula is C21H26N4O2. The third-order valence-corrected chi connectivity index (χ3v) is 5.52. The Kier molecular flexibility index (Phi) is 5.34. The summed E-state index contributed by atoms with van der Waals surface area (Å²) < 4.78 is 5.39. The van der Waals surface area contributed by atoms with Crippen LogP contribution >= 0.6 is 0 Å². The van der Waals surface area contributed by atoms with Crippen molar-refractivity contribution in [2.24, 2.45) is 5.92 Å². The van der Waals surface area contributed by atoms with Crippen LogP contribution in [0.2, 0.25) is 0 Å². The van der Waals surface area contributed by atoms with E-state index < -0.39 is 0 Å². The van der Waals surface area contributed by atoms with Crippen molar-refractivity contribution in [3.8, 4) is 0 Å². The molecule has 1 saturated heterocycles. The minimum atomic E-state index is -0.000597. The highest BCUT2D eigenvalue weighted by atomic mass is 16.5. The third kappa shape index (κ3) is 4.11. The van der Waals surface area contributed by atoms with Crippen LogP contribution in [0.4, 0.5) is 5.95 Å². The zero-order chi connectivity index (χ0) is 18.6. The summed E-state index contributed by atoms with van der Waals surface area (Å²) in [7, 11) is 0. The monoisotopic (exact) mass is 366 g/mol. The number of morpholine rings is 1. The maximum Gasteiger partial charge on any atom is 0.225 e. The Bertz CT molecular complexity index is 818. The Morgan fingerprint density at radius 3 is 2.93 bits per heavy atom. The van der Waals surface area contributed by atoms with Crippen molar-refractivity contribution >= 4 is 11.9 Å². The molecule has 1 aromatic heterocycles. The number of aromatic nitrogens is 2. The van der Waals surface area contributed by atoms with E-state index in [0.717, 1.165) is 62.8 Å². The molecule has 1 atom stereocenters. The molecule has 0 spiro atoms. The summed E-state index contributed by atoms with van der Waals surface area (Å²) in [5.41, 5.74) is 4.57. The lowest BCUT2D eigenvalue weighted by Crippen LogP contribution is -2.38. The first-order valence-electron chi connectivity index (χ1n) is 9.70. The van der Waals surface area contributed by atoms with Crippen molar-refractivity contribution in [2.45, 2.75) is 32.7 Å². The fraction of sp³-hybridized carbons (Fsp3) is 0.476. The molecule has 6 heteroatoms. The topological polar surface area (TPSA) is 67.4 Å². The van der Waals surface area contributed by atoms with Crippen molar-refractivity contribution in [1.29, 1.82) is 0 Å². The Hall–Kier alpha value is -2.47. The van der Waals surface area contributed by atoms with E-state index >= 15 is 0 Å². The van der Waals surface area contributed by atoms with Crippen molar-refractivity contribution in [3.63, 3.8) is 0 Å². The van der Waals surface area contributed by atoms with Gasteiger partial charge in [0.25, 0.3) is 0 Å². The fourth-order valence-electron chi connectivity index (χ4n) is 3.77. The van der Waals surface area contributed by atoms with E-state index in [1.54, 1.807) is 0 Å². The molecule has 2 aromatic rings. The van der Waals surface area contributed by atoms with Crippen LogP contribution < -0.4 is 10.2 Å². The summed E-state index contributed by atoms with van der Waals surface area (Å²) in [6, 6.07) is 8.16. The Morgan fingerprint density at radius 1 is 1.30 bits per heavy atom. The van der Waals surface area contributed by atoms with E-state index in [0.29, 0.717) is 6.54 Å². The number of fused-ring (bicyclic) bond motifs is 1. The lowest BCUT2D eigenvalue weighted by atomic mass is 9.86. The first kappa shape index (κ1) is 17.9. The molecule has 2 aliphatic rings. The maximum absolute atomic E-state index is 12.6. The van der Waals surface area contributed by atoms with Crippen LogP contribution in [0.3, 0.4) is 0 Å². The average molecular weight is 366 g/mol. The lowest BCUT2D eigenvalue weighted by molar-refractivity contribution is -0.125.